The number of nitrogens with zero attached hydrogens (tertiary/aromatic N) is 2. The van der Waals surface area contributed by atoms with Gasteiger partial charge in [-0.05, 0) is 19.1 Å². The molecule has 8 heteroatoms. The first-order valence-electron chi connectivity index (χ1n) is 5.97. The number of aliphatic hydroxyl groups is 1. The van der Waals surface area contributed by atoms with E-state index < -0.39 is 0 Å². The van der Waals surface area contributed by atoms with Gasteiger partial charge in [-0.3, -0.25) is 0 Å². The molecule has 0 unspecified atom stereocenters. The van der Waals surface area contributed by atoms with E-state index in [2.05, 4.69) is 9.98 Å². The molecule has 0 saturated carbocycles. The largest absolute Gasteiger partial charge is 0.504 e. The average molecular weight is 285 g/mol. The van der Waals surface area contributed by atoms with Crippen molar-refractivity contribution in [2.24, 2.45) is 27.2 Å². The van der Waals surface area contributed by atoms with Gasteiger partial charge >= 0.3 is 0 Å². The van der Waals surface area contributed by atoms with Gasteiger partial charge in [-0.15, -0.1) is 0 Å². The highest BCUT2D eigenvalue weighted by molar-refractivity contribution is 5.93. The third-order valence-electron chi connectivity index (χ3n) is 1.45. The minimum atomic E-state index is -0.297. The maximum absolute atomic E-state index is 9.15. The lowest BCUT2D eigenvalue weighted by molar-refractivity contribution is 0.318. The summed E-state index contributed by atoms with van der Waals surface area (Å²) in [6.07, 6.45) is 0. The van der Waals surface area contributed by atoms with E-state index in [0.29, 0.717) is 5.69 Å². The molecular formula is C12H23N5O3. The normalized spacial score (nSPS) is 9.50. The van der Waals surface area contributed by atoms with Crippen LogP contribution in [-0.2, 0) is 0 Å². The Labute approximate surface area is 118 Å². The second-order valence-electron chi connectivity index (χ2n) is 3.00. The van der Waals surface area contributed by atoms with Gasteiger partial charge < -0.3 is 32.5 Å². The van der Waals surface area contributed by atoms with E-state index in [-0.39, 0.29) is 30.0 Å². The highest BCUT2D eigenvalue weighted by Gasteiger charge is 1.99. The first-order chi connectivity index (χ1) is 9.40. The van der Waals surface area contributed by atoms with Gasteiger partial charge in [0, 0.05) is 12.7 Å². The van der Waals surface area contributed by atoms with E-state index in [1.165, 1.54) is 18.2 Å². The number of rotatable bonds is 1. The van der Waals surface area contributed by atoms with Gasteiger partial charge in [0.05, 0.1) is 5.69 Å². The third-order valence-corrected chi connectivity index (χ3v) is 1.45. The smallest absolute Gasteiger partial charge is 0.223 e. The Morgan fingerprint density at radius 2 is 1.60 bits per heavy atom. The topological polar surface area (TPSA) is 163 Å². The zero-order valence-corrected chi connectivity index (χ0v) is 11.9. The maximum Gasteiger partial charge on any atom is 0.223 e. The van der Waals surface area contributed by atoms with Crippen molar-refractivity contribution in [1.29, 1.82) is 0 Å². The first-order valence-corrected chi connectivity index (χ1v) is 5.97. The SMILES string of the molecule is CC.CCO.NC(N)=NC(N)=Nc1ccc(O)c(O)c1. The predicted octanol–water partition coefficient (Wildman–Crippen LogP) is 0.342. The molecule has 0 radical (unpaired) electrons. The van der Waals surface area contributed by atoms with E-state index in [0.717, 1.165) is 0 Å². The molecule has 0 amide bonds. The lowest BCUT2D eigenvalue weighted by Crippen LogP contribution is -2.26. The van der Waals surface area contributed by atoms with Crippen LogP contribution < -0.4 is 17.2 Å². The van der Waals surface area contributed by atoms with E-state index in [9.17, 15) is 0 Å². The number of aliphatic imine (C=N–C) groups is 2. The standard InChI is InChI=1S/C8H11N5O2.C2H6O.C2H6/c9-7(10)13-8(11)12-4-1-2-5(14)6(15)3-4;1-2-3;1-2/h1-3,14-15H,(H6,9,10,11,12,13);3H,2H2,1H3;1-2H3. The Balaban J connectivity index is 0. The number of hydrogen-bond donors (Lipinski definition) is 6. The van der Waals surface area contributed by atoms with Crippen molar-refractivity contribution in [3.05, 3.63) is 18.2 Å². The second kappa shape index (κ2) is 11.6. The van der Waals surface area contributed by atoms with Gasteiger partial charge in [-0.25, -0.2) is 4.99 Å². The molecule has 0 heterocycles. The quantitative estimate of drug-likeness (QED) is 0.247. The Hall–Kier alpha value is -2.48. The highest BCUT2D eigenvalue weighted by atomic mass is 16.3. The minimum absolute atomic E-state index is 0.139. The summed E-state index contributed by atoms with van der Waals surface area (Å²) in [5, 5.41) is 25.7. The molecule has 0 aliphatic carbocycles. The summed E-state index contributed by atoms with van der Waals surface area (Å²) in [6, 6.07) is 3.95. The summed E-state index contributed by atoms with van der Waals surface area (Å²) in [5.41, 5.74) is 15.8. The molecule has 0 spiro atoms. The Bertz CT molecular complexity index is 443. The van der Waals surface area contributed by atoms with E-state index in [1.54, 1.807) is 6.92 Å². The monoisotopic (exact) mass is 285 g/mol. The van der Waals surface area contributed by atoms with Crippen LogP contribution in [0.4, 0.5) is 5.69 Å². The Morgan fingerprint density at radius 1 is 1.10 bits per heavy atom. The zero-order chi connectivity index (χ0) is 16.1. The molecule has 0 bridgehead atoms. The molecule has 0 aliphatic heterocycles. The van der Waals surface area contributed by atoms with Crippen molar-refractivity contribution < 1.29 is 15.3 Å². The van der Waals surface area contributed by atoms with E-state index in [1.807, 2.05) is 13.8 Å². The van der Waals surface area contributed by atoms with Crippen LogP contribution in [0.15, 0.2) is 28.2 Å². The van der Waals surface area contributed by atoms with Crippen molar-refractivity contribution in [2.45, 2.75) is 20.8 Å². The molecule has 1 aromatic rings. The van der Waals surface area contributed by atoms with Crippen LogP contribution in [0.1, 0.15) is 20.8 Å². The van der Waals surface area contributed by atoms with Crippen molar-refractivity contribution in [3.8, 4) is 11.5 Å². The number of hydrogen-bond acceptors (Lipinski definition) is 4. The average Bonchev–Trinajstić information content (AvgIpc) is 2.36. The summed E-state index contributed by atoms with van der Waals surface area (Å²) in [5.74, 6) is -0.887. The van der Waals surface area contributed by atoms with Crippen molar-refractivity contribution in [3.63, 3.8) is 0 Å². The molecule has 0 aliphatic rings. The molecule has 1 rings (SSSR count). The number of phenolic OH excluding ortho intramolecular Hbond substituents is 2. The minimum Gasteiger partial charge on any atom is -0.504 e. The second-order valence-corrected chi connectivity index (χ2v) is 3.00. The number of aromatic hydroxyl groups is 2. The highest BCUT2D eigenvalue weighted by Crippen LogP contribution is 2.28. The van der Waals surface area contributed by atoms with Gasteiger partial charge in [0.2, 0.25) is 5.96 Å². The van der Waals surface area contributed by atoms with Crippen LogP contribution in [0.2, 0.25) is 0 Å². The molecule has 0 saturated heterocycles. The van der Waals surface area contributed by atoms with Gasteiger partial charge in [-0.2, -0.15) is 4.99 Å². The fraction of sp³-hybridized carbons (Fsp3) is 0.333. The molecule has 114 valence electrons. The number of phenols is 2. The van der Waals surface area contributed by atoms with Gasteiger partial charge in [0.25, 0.3) is 0 Å². The van der Waals surface area contributed by atoms with E-state index >= 15 is 0 Å². The van der Waals surface area contributed by atoms with Gasteiger partial charge in [0.15, 0.2) is 17.5 Å². The summed E-state index contributed by atoms with van der Waals surface area (Å²) in [4.78, 5) is 7.26. The molecule has 1 aromatic carbocycles. The lowest BCUT2D eigenvalue weighted by atomic mass is 10.3. The molecule has 20 heavy (non-hydrogen) atoms. The fourth-order valence-corrected chi connectivity index (χ4v) is 0.871. The molecule has 0 aromatic heterocycles. The van der Waals surface area contributed by atoms with Crippen LogP contribution in [-0.4, -0.2) is 33.8 Å². The van der Waals surface area contributed by atoms with Crippen molar-refractivity contribution >= 4 is 17.6 Å². The molecule has 9 N–H and O–H groups in total. The summed E-state index contributed by atoms with van der Waals surface area (Å²) >= 11 is 0. The summed E-state index contributed by atoms with van der Waals surface area (Å²) in [7, 11) is 0. The molecule has 0 fully saturated rings. The zero-order valence-electron chi connectivity index (χ0n) is 11.9. The Kier molecular flexibility index (Phi) is 11.5. The third kappa shape index (κ3) is 9.54. The van der Waals surface area contributed by atoms with Gasteiger partial charge in [0.1, 0.15) is 0 Å². The van der Waals surface area contributed by atoms with E-state index in [4.69, 9.17) is 32.5 Å². The van der Waals surface area contributed by atoms with Crippen LogP contribution in [0.3, 0.4) is 0 Å². The lowest BCUT2D eigenvalue weighted by Gasteiger charge is -1.99. The maximum atomic E-state index is 9.15. The number of benzene rings is 1. The summed E-state index contributed by atoms with van der Waals surface area (Å²) in [6.45, 7) is 5.93. The number of nitrogens with two attached hydrogens (primary N) is 3. The van der Waals surface area contributed by atoms with Crippen LogP contribution in [0.25, 0.3) is 0 Å². The van der Waals surface area contributed by atoms with Crippen LogP contribution >= 0.6 is 0 Å². The molecule has 0 atom stereocenters. The first kappa shape index (κ1) is 19.9. The number of aliphatic hydroxyl groups excluding tert-OH is 1. The van der Waals surface area contributed by atoms with Gasteiger partial charge in [-0.1, -0.05) is 13.8 Å². The Morgan fingerprint density at radius 3 is 2.00 bits per heavy atom. The summed E-state index contributed by atoms with van der Waals surface area (Å²) < 4.78 is 0. The van der Waals surface area contributed by atoms with Crippen LogP contribution in [0.5, 0.6) is 11.5 Å². The molecular weight excluding hydrogens is 262 g/mol. The fourth-order valence-electron chi connectivity index (χ4n) is 0.871. The van der Waals surface area contributed by atoms with Crippen LogP contribution in [0, 0.1) is 0 Å². The number of guanidine groups is 2. The molecule has 8 nitrogen and oxygen atoms in total. The van der Waals surface area contributed by atoms with Crippen molar-refractivity contribution in [2.75, 3.05) is 6.61 Å². The van der Waals surface area contributed by atoms with Crippen molar-refractivity contribution in [1.82, 2.24) is 0 Å². The predicted molar refractivity (Wildman–Crippen MR) is 81.0 cm³/mol.